The first-order chi connectivity index (χ1) is 7.39. The van der Waals surface area contributed by atoms with Gasteiger partial charge in [-0.05, 0) is 11.8 Å². The minimum Gasteiger partial charge on any atom is -0.379 e. The van der Waals surface area contributed by atoms with Gasteiger partial charge in [0.25, 0.3) is 0 Å². The second-order valence-electron chi connectivity index (χ2n) is 4.82. The summed E-state index contributed by atoms with van der Waals surface area (Å²) in [4.78, 5) is 11.6. The standard InChI is InChI=1S/C12H24N2O2/c1-5-6-8-16-9-7-14-11(15)10(13)12(2,3)4/h5,10H,1,6-9,13H2,2-4H3,(H,14,15)/t10-/m0/s1. The molecule has 1 amide bonds. The van der Waals surface area contributed by atoms with Crippen LogP contribution in [0.2, 0.25) is 0 Å². The molecule has 0 saturated heterocycles. The number of nitrogens with two attached hydrogens (primary N) is 1. The maximum absolute atomic E-state index is 11.6. The molecule has 4 nitrogen and oxygen atoms in total. The van der Waals surface area contributed by atoms with E-state index < -0.39 is 6.04 Å². The zero-order valence-electron chi connectivity index (χ0n) is 10.6. The van der Waals surface area contributed by atoms with Crippen LogP contribution in [0.15, 0.2) is 12.7 Å². The summed E-state index contributed by atoms with van der Waals surface area (Å²) in [5.41, 5.74) is 5.58. The molecule has 16 heavy (non-hydrogen) atoms. The van der Waals surface area contributed by atoms with Crippen molar-refractivity contribution < 1.29 is 9.53 Å². The summed E-state index contributed by atoms with van der Waals surface area (Å²) in [7, 11) is 0. The van der Waals surface area contributed by atoms with Crippen LogP contribution in [0.4, 0.5) is 0 Å². The zero-order chi connectivity index (χ0) is 12.6. The fourth-order valence-corrected chi connectivity index (χ4v) is 1.02. The molecule has 0 aliphatic heterocycles. The van der Waals surface area contributed by atoms with E-state index in [0.717, 1.165) is 6.42 Å². The molecular weight excluding hydrogens is 204 g/mol. The maximum atomic E-state index is 11.6. The summed E-state index contributed by atoms with van der Waals surface area (Å²) in [5.74, 6) is -0.125. The minimum atomic E-state index is -0.485. The summed E-state index contributed by atoms with van der Waals surface area (Å²) in [6, 6.07) is -0.485. The van der Waals surface area contributed by atoms with E-state index in [2.05, 4.69) is 11.9 Å². The number of nitrogens with one attached hydrogen (secondary N) is 1. The number of hydrogen-bond donors (Lipinski definition) is 2. The van der Waals surface area contributed by atoms with Gasteiger partial charge < -0.3 is 15.8 Å². The van der Waals surface area contributed by atoms with E-state index in [1.807, 2.05) is 20.8 Å². The number of carbonyl (C=O) groups excluding carboxylic acids is 1. The largest absolute Gasteiger partial charge is 0.379 e. The molecule has 0 aliphatic rings. The van der Waals surface area contributed by atoms with Gasteiger partial charge in [-0.3, -0.25) is 4.79 Å². The van der Waals surface area contributed by atoms with E-state index in [-0.39, 0.29) is 11.3 Å². The number of rotatable bonds is 7. The first-order valence-electron chi connectivity index (χ1n) is 5.61. The summed E-state index contributed by atoms with van der Waals surface area (Å²) in [6.07, 6.45) is 2.63. The van der Waals surface area contributed by atoms with Crippen LogP contribution in [0.1, 0.15) is 27.2 Å². The number of ether oxygens (including phenoxy) is 1. The summed E-state index contributed by atoms with van der Waals surface area (Å²) in [6.45, 7) is 11.1. The van der Waals surface area contributed by atoms with Gasteiger partial charge in [-0.15, -0.1) is 6.58 Å². The molecule has 0 heterocycles. The van der Waals surface area contributed by atoms with Crippen molar-refractivity contribution in [2.75, 3.05) is 19.8 Å². The Balaban J connectivity index is 3.62. The summed E-state index contributed by atoms with van der Waals surface area (Å²) in [5, 5.41) is 2.75. The van der Waals surface area contributed by atoms with Gasteiger partial charge in [0.05, 0.1) is 19.3 Å². The fourth-order valence-electron chi connectivity index (χ4n) is 1.02. The summed E-state index contributed by atoms with van der Waals surface area (Å²) < 4.78 is 5.26. The van der Waals surface area contributed by atoms with Gasteiger partial charge in [0, 0.05) is 6.54 Å². The molecule has 0 aromatic heterocycles. The van der Waals surface area contributed by atoms with Crippen LogP contribution in [0.25, 0.3) is 0 Å². The minimum absolute atomic E-state index is 0.125. The van der Waals surface area contributed by atoms with E-state index in [1.54, 1.807) is 6.08 Å². The lowest BCUT2D eigenvalue weighted by molar-refractivity contribution is -0.124. The quantitative estimate of drug-likeness (QED) is 0.506. The third kappa shape index (κ3) is 6.58. The van der Waals surface area contributed by atoms with Crippen molar-refractivity contribution in [1.82, 2.24) is 5.32 Å². The fraction of sp³-hybridized carbons (Fsp3) is 0.750. The Labute approximate surface area is 98.2 Å². The van der Waals surface area contributed by atoms with Gasteiger partial charge in [0.15, 0.2) is 0 Å². The highest BCUT2D eigenvalue weighted by Crippen LogP contribution is 2.16. The Kier molecular flexibility index (Phi) is 7.01. The molecule has 4 heteroatoms. The van der Waals surface area contributed by atoms with Crippen LogP contribution in [0.5, 0.6) is 0 Å². The van der Waals surface area contributed by atoms with Gasteiger partial charge in [-0.1, -0.05) is 26.8 Å². The normalized spacial score (nSPS) is 13.2. The Bertz CT molecular complexity index is 222. The van der Waals surface area contributed by atoms with Crippen molar-refractivity contribution in [2.45, 2.75) is 33.2 Å². The van der Waals surface area contributed by atoms with Crippen LogP contribution in [0.3, 0.4) is 0 Å². The van der Waals surface area contributed by atoms with Crippen LogP contribution in [-0.4, -0.2) is 31.7 Å². The monoisotopic (exact) mass is 228 g/mol. The first kappa shape index (κ1) is 15.1. The van der Waals surface area contributed by atoms with Crippen LogP contribution in [-0.2, 0) is 9.53 Å². The topological polar surface area (TPSA) is 64.3 Å². The predicted octanol–water partition coefficient (Wildman–Crippen LogP) is 1.07. The second-order valence-corrected chi connectivity index (χ2v) is 4.82. The molecule has 0 spiro atoms. The highest BCUT2D eigenvalue weighted by molar-refractivity contribution is 5.82. The number of amides is 1. The molecule has 0 radical (unpaired) electrons. The van der Waals surface area contributed by atoms with Gasteiger partial charge in [0.1, 0.15) is 0 Å². The Morgan fingerprint density at radius 2 is 2.12 bits per heavy atom. The van der Waals surface area contributed by atoms with E-state index >= 15 is 0 Å². The molecule has 0 aliphatic carbocycles. The Hall–Kier alpha value is -0.870. The van der Waals surface area contributed by atoms with Crippen molar-refractivity contribution in [3.8, 4) is 0 Å². The molecule has 0 fully saturated rings. The molecule has 1 atom stereocenters. The predicted molar refractivity (Wildman–Crippen MR) is 66.1 cm³/mol. The third-order valence-corrected chi connectivity index (χ3v) is 2.23. The van der Waals surface area contributed by atoms with Crippen molar-refractivity contribution in [3.05, 3.63) is 12.7 Å². The smallest absolute Gasteiger partial charge is 0.237 e. The maximum Gasteiger partial charge on any atom is 0.237 e. The molecule has 3 N–H and O–H groups in total. The van der Waals surface area contributed by atoms with E-state index in [0.29, 0.717) is 19.8 Å². The van der Waals surface area contributed by atoms with Gasteiger partial charge >= 0.3 is 0 Å². The lowest BCUT2D eigenvalue weighted by Crippen LogP contribution is -2.49. The molecule has 94 valence electrons. The van der Waals surface area contributed by atoms with Gasteiger partial charge in [-0.2, -0.15) is 0 Å². The van der Waals surface area contributed by atoms with Crippen molar-refractivity contribution in [3.63, 3.8) is 0 Å². The van der Waals surface area contributed by atoms with Crippen LogP contribution in [0, 0.1) is 5.41 Å². The molecule has 0 bridgehead atoms. The van der Waals surface area contributed by atoms with E-state index in [1.165, 1.54) is 0 Å². The SMILES string of the molecule is C=CCCOCCNC(=O)[C@H](N)C(C)(C)C. The zero-order valence-corrected chi connectivity index (χ0v) is 10.6. The van der Waals surface area contributed by atoms with E-state index in [4.69, 9.17) is 10.5 Å². The third-order valence-electron chi connectivity index (χ3n) is 2.23. The lowest BCUT2D eigenvalue weighted by Gasteiger charge is -2.25. The first-order valence-corrected chi connectivity index (χ1v) is 5.61. The second kappa shape index (κ2) is 7.41. The molecule has 0 saturated carbocycles. The van der Waals surface area contributed by atoms with Crippen LogP contribution >= 0.6 is 0 Å². The average Bonchev–Trinajstić information content (AvgIpc) is 2.20. The Morgan fingerprint density at radius 3 is 2.62 bits per heavy atom. The molecule has 0 aromatic rings. The van der Waals surface area contributed by atoms with Crippen molar-refractivity contribution in [2.24, 2.45) is 11.1 Å². The highest BCUT2D eigenvalue weighted by atomic mass is 16.5. The van der Waals surface area contributed by atoms with Crippen molar-refractivity contribution in [1.29, 1.82) is 0 Å². The van der Waals surface area contributed by atoms with Crippen molar-refractivity contribution >= 4 is 5.91 Å². The molecule has 0 aromatic carbocycles. The highest BCUT2D eigenvalue weighted by Gasteiger charge is 2.26. The molecule has 0 rings (SSSR count). The van der Waals surface area contributed by atoms with E-state index in [9.17, 15) is 4.79 Å². The Morgan fingerprint density at radius 1 is 1.50 bits per heavy atom. The lowest BCUT2D eigenvalue weighted by atomic mass is 9.87. The average molecular weight is 228 g/mol. The van der Waals surface area contributed by atoms with Gasteiger partial charge in [0.2, 0.25) is 5.91 Å². The molecular formula is C12H24N2O2. The summed E-state index contributed by atoms with van der Waals surface area (Å²) >= 11 is 0. The van der Waals surface area contributed by atoms with Gasteiger partial charge in [-0.25, -0.2) is 0 Å². The molecule has 0 unspecified atom stereocenters. The number of hydrogen-bond acceptors (Lipinski definition) is 3. The number of carbonyl (C=O) groups is 1. The van der Waals surface area contributed by atoms with Crippen LogP contribution < -0.4 is 11.1 Å².